The number of carbonyl (C=O) groups is 1. The van der Waals surface area contributed by atoms with Crippen LogP contribution in [0.1, 0.15) is 16.7 Å². The molecule has 0 unspecified atom stereocenters. The minimum Gasteiger partial charge on any atom is -0.497 e. The molecule has 2 aromatic carbocycles. The first-order chi connectivity index (χ1) is 14.7. The van der Waals surface area contributed by atoms with E-state index in [9.17, 15) is 4.79 Å². The lowest BCUT2D eigenvalue weighted by Gasteiger charge is -2.34. The van der Waals surface area contributed by atoms with E-state index in [1.807, 2.05) is 23.1 Å². The van der Waals surface area contributed by atoms with Crippen molar-refractivity contribution in [2.24, 2.45) is 0 Å². The quantitative estimate of drug-likeness (QED) is 0.688. The average Bonchev–Trinajstić information content (AvgIpc) is 3.25. The number of piperazine rings is 1. The van der Waals surface area contributed by atoms with Crippen molar-refractivity contribution in [1.82, 2.24) is 9.80 Å². The Morgan fingerprint density at radius 3 is 2.67 bits per heavy atom. The zero-order valence-corrected chi connectivity index (χ0v) is 17.6. The second kappa shape index (κ2) is 9.22. The van der Waals surface area contributed by atoms with Crippen molar-refractivity contribution in [3.63, 3.8) is 0 Å². The molecule has 30 heavy (non-hydrogen) atoms. The lowest BCUT2D eigenvalue weighted by atomic mass is 10.1. The lowest BCUT2D eigenvalue weighted by Crippen LogP contribution is -2.47. The van der Waals surface area contributed by atoms with Gasteiger partial charge in [-0.3, -0.25) is 9.69 Å². The highest BCUT2D eigenvalue weighted by atomic mass is 16.5. The van der Waals surface area contributed by atoms with E-state index in [2.05, 4.69) is 23.1 Å². The van der Waals surface area contributed by atoms with Crippen LogP contribution in [-0.4, -0.2) is 62.7 Å². The van der Waals surface area contributed by atoms with E-state index in [0.717, 1.165) is 62.8 Å². The molecule has 0 atom stereocenters. The van der Waals surface area contributed by atoms with Crippen LogP contribution < -0.4 is 14.2 Å². The summed E-state index contributed by atoms with van der Waals surface area (Å²) in [5.74, 6) is 2.46. The summed E-state index contributed by atoms with van der Waals surface area (Å²) >= 11 is 0. The van der Waals surface area contributed by atoms with Gasteiger partial charge in [0.15, 0.2) is 0 Å². The standard InChI is InChI=1S/C24H28N2O4/c1-28-21-6-4-19(23(16-21)29-2)5-8-24(27)26-12-10-25(11-13-26)17-18-3-7-22-20(15-18)9-14-30-22/h3-8,15-16H,9-14,17H2,1-2H3/b8-5+. The van der Waals surface area contributed by atoms with Gasteiger partial charge in [-0.25, -0.2) is 0 Å². The molecule has 2 aliphatic rings. The highest BCUT2D eigenvalue weighted by Crippen LogP contribution is 2.27. The number of carbonyl (C=O) groups excluding carboxylic acids is 1. The Hall–Kier alpha value is -2.99. The Kier molecular flexibility index (Phi) is 6.23. The summed E-state index contributed by atoms with van der Waals surface area (Å²) in [4.78, 5) is 16.9. The molecule has 158 valence electrons. The molecule has 0 aromatic heterocycles. The second-order valence-corrected chi connectivity index (χ2v) is 7.58. The molecule has 6 heteroatoms. The summed E-state index contributed by atoms with van der Waals surface area (Å²) in [6, 6.07) is 12.0. The van der Waals surface area contributed by atoms with Gasteiger partial charge in [0, 0.05) is 56.9 Å². The monoisotopic (exact) mass is 408 g/mol. The van der Waals surface area contributed by atoms with E-state index in [-0.39, 0.29) is 5.91 Å². The van der Waals surface area contributed by atoms with Crippen LogP contribution >= 0.6 is 0 Å². The Morgan fingerprint density at radius 2 is 1.90 bits per heavy atom. The van der Waals surface area contributed by atoms with Crippen LogP contribution in [0, 0.1) is 0 Å². The first-order valence-electron chi connectivity index (χ1n) is 10.3. The number of hydrogen-bond donors (Lipinski definition) is 0. The highest BCUT2D eigenvalue weighted by Gasteiger charge is 2.20. The van der Waals surface area contributed by atoms with Gasteiger partial charge in [0.25, 0.3) is 0 Å². The summed E-state index contributed by atoms with van der Waals surface area (Å²) in [7, 11) is 3.23. The lowest BCUT2D eigenvalue weighted by molar-refractivity contribution is -0.127. The molecule has 1 saturated heterocycles. The summed E-state index contributed by atoms with van der Waals surface area (Å²) < 4.78 is 16.2. The SMILES string of the molecule is COc1ccc(/C=C/C(=O)N2CCN(Cc3ccc4c(c3)CCO4)CC2)c(OC)c1. The fraction of sp³-hybridized carbons (Fsp3) is 0.375. The van der Waals surface area contributed by atoms with Gasteiger partial charge >= 0.3 is 0 Å². The van der Waals surface area contributed by atoms with Gasteiger partial charge in [-0.1, -0.05) is 12.1 Å². The van der Waals surface area contributed by atoms with Gasteiger partial charge in [0.2, 0.25) is 5.91 Å². The summed E-state index contributed by atoms with van der Waals surface area (Å²) in [5, 5.41) is 0. The van der Waals surface area contributed by atoms with Gasteiger partial charge in [-0.05, 0) is 35.4 Å². The molecule has 1 fully saturated rings. The number of fused-ring (bicyclic) bond motifs is 1. The van der Waals surface area contributed by atoms with Crippen molar-refractivity contribution in [2.45, 2.75) is 13.0 Å². The minimum atomic E-state index is 0.0298. The van der Waals surface area contributed by atoms with Gasteiger partial charge in [0.1, 0.15) is 17.2 Å². The molecule has 2 aromatic rings. The minimum absolute atomic E-state index is 0.0298. The van der Waals surface area contributed by atoms with Crippen molar-refractivity contribution in [3.8, 4) is 17.2 Å². The second-order valence-electron chi connectivity index (χ2n) is 7.58. The summed E-state index contributed by atoms with van der Waals surface area (Å²) in [6.07, 6.45) is 4.43. The summed E-state index contributed by atoms with van der Waals surface area (Å²) in [5.41, 5.74) is 3.47. The third-order valence-electron chi connectivity index (χ3n) is 5.69. The van der Waals surface area contributed by atoms with E-state index >= 15 is 0 Å². The van der Waals surface area contributed by atoms with Crippen molar-refractivity contribution in [3.05, 3.63) is 59.2 Å². The van der Waals surface area contributed by atoms with Crippen LogP contribution in [0.15, 0.2) is 42.5 Å². The van der Waals surface area contributed by atoms with Gasteiger partial charge in [-0.2, -0.15) is 0 Å². The van der Waals surface area contributed by atoms with Gasteiger partial charge in [-0.15, -0.1) is 0 Å². The fourth-order valence-corrected chi connectivity index (χ4v) is 3.95. The molecule has 4 rings (SSSR count). The molecular formula is C24H28N2O4. The van der Waals surface area contributed by atoms with Gasteiger partial charge < -0.3 is 19.1 Å². The predicted molar refractivity (Wildman–Crippen MR) is 116 cm³/mol. The molecule has 2 aliphatic heterocycles. The molecule has 2 heterocycles. The van der Waals surface area contributed by atoms with E-state index < -0.39 is 0 Å². The molecule has 6 nitrogen and oxygen atoms in total. The van der Waals surface area contributed by atoms with Crippen molar-refractivity contribution in [1.29, 1.82) is 0 Å². The zero-order chi connectivity index (χ0) is 20.9. The first kappa shape index (κ1) is 20.3. The third-order valence-corrected chi connectivity index (χ3v) is 5.69. The number of methoxy groups -OCH3 is 2. The van der Waals surface area contributed by atoms with Crippen LogP contribution in [0.2, 0.25) is 0 Å². The molecular weight excluding hydrogens is 380 g/mol. The number of amides is 1. The van der Waals surface area contributed by atoms with E-state index in [1.54, 1.807) is 26.4 Å². The van der Waals surface area contributed by atoms with Gasteiger partial charge in [0.05, 0.1) is 20.8 Å². The third kappa shape index (κ3) is 4.60. The smallest absolute Gasteiger partial charge is 0.246 e. The molecule has 0 aliphatic carbocycles. The van der Waals surface area contributed by atoms with Crippen LogP contribution in [0.5, 0.6) is 17.2 Å². The number of hydrogen-bond acceptors (Lipinski definition) is 5. The predicted octanol–water partition coefficient (Wildman–Crippen LogP) is 3.00. The number of nitrogens with zero attached hydrogens (tertiary/aromatic N) is 2. The van der Waals surface area contributed by atoms with Crippen molar-refractivity contribution in [2.75, 3.05) is 47.0 Å². The normalized spacial score (nSPS) is 16.4. The highest BCUT2D eigenvalue weighted by molar-refractivity contribution is 5.92. The van der Waals surface area contributed by atoms with Crippen molar-refractivity contribution < 1.29 is 19.0 Å². The van der Waals surface area contributed by atoms with E-state index in [4.69, 9.17) is 14.2 Å². The maximum absolute atomic E-state index is 12.6. The fourth-order valence-electron chi connectivity index (χ4n) is 3.95. The Balaban J connectivity index is 1.30. The Morgan fingerprint density at radius 1 is 1.07 bits per heavy atom. The molecule has 0 spiro atoms. The molecule has 0 bridgehead atoms. The van der Waals surface area contributed by atoms with Crippen LogP contribution in [-0.2, 0) is 17.8 Å². The van der Waals surface area contributed by atoms with E-state index in [1.165, 1.54) is 11.1 Å². The largest absolute Gasteiger partial charge is 0.497 e. The molecule has 0 radical (unpaired) electrons. The maximum atomic E-state index is 12.6. The molecule has 1 amide bonds. The maximum Gasteiger partial charge on any atom is 0.246 e. The Labute approximate surface area is 177 Å². The zero-order valence-electron chi connectivity index (χ0n) is 17.6. The molecule has 0 N–H and O–H groups in total. The number of benzene rings is 2. The van der Waals surface area contributed by atoms with Crippen molar-refractivity contribution >= 4 is 12.0 Å². The van der Waals surface area contributed by atoms with Crippen LogP contribution in [0.25, 0.3) is 6.08 Å². The molecule has 0 saturated carbocycles. The topological polar surface area (TPSA) is 51.2 Å². The first-order valence-corrected chi connectivity index (χ1v) is 10.3. The van der Waals surface area contributed by atoms with E-state index in [0.29, 0.717) is 5.75 Å². The number of rotatable bonds is 6. The number of ether oxygens (including phenoxy) is 3. The average molecular weight is 408 g/mol. The summed E-state index contributed by atoms with van der Waals surface area (Å²) in [6.45, 7) is 4.91. The van der Waals surface area contributed by atoms with Crippen LogP contribution in [0.4, 0.5) is 0 Å². The Bertz CT molecular complexity index is 933. The van der Waals surface area contributed by atoms with Crippen LogP contribution in [0.3, 0.4) is 0 Å².